The van der Waals surface area contributed by atoms with E-state index in [0.29, 0.717) is 11.5 Å². The van der Waals surface area contributed by atoms with E-state index in [-0.39, 0.29) is 0 Å². The summed E-state index contributed by atoms with van der Waals surface area (Å²) in [5.41, 5.74) is 0.530. The van der Waals surface area contributed by atoms with Crippen LogP contribution >= 0.6 is 12.6 Å². The van der Waals surface area contributed by atoms with Crippen molar-refractivity contribution in [2.75, 3.05) is 18.8 Å². The van der Waals surface area contributed by atoms with Gasteiger partial charge in [-0.2, -0.15) is 12.6 Å². The van der Waals surface area contributed by atoms with Gasteiger partial charge in [-0.3, -0.25) is 0 Å². The lowest BCUT2D eigenvalue weighted by Crippen LogP contribution is -2.41. The predicted octanol–water partition coefficient (Wildman–Crippen LogP) is 3.60. The predicted molar refractivity (Wildman–Crippen MR) is 71.8 cm³/mol. The molecule has 0 aromatic heterocycles. The maximum atomic E-state index is 4.59. The van der Waals surface area contributed by atoms with Gasteiger partial charge in [0.25, 0.3) is 0 Å². The van der Waals surface area contributed by atoms with Gasteiger partial charge in [0.15, 0.2) is 0 Å². The average Bonchev–Trinajstić information content (AvgIpc) is 2.66. The van der Waals surface area contributed by atoms with Crippen molar-refractivity contribution in [3.8, 4) is 0 Å². The molecular weight excluding hydrogens is 202 g/mol. The molecule has 1 saturated carbocycles. The molecule has 0 spiro atoms. The van der Waals surface area contributed by atoms with Crippen molar-refractivity contribution in [1.29, 1.82) is 0 Å². The van der Waals surface area contributed by atoms with E-state index in [4.69, 9.17) is 0 Å². The third-order valence-corrected chi connectivity index (χ3v) is 4.45. The van der Waals surface area contributed by atoms with E-state index >= 15 is 0 Å². The van der Waals surface area contributed by atoms with E-state index in [1.807, 2.05) is 0 Å². The van der Waals surface area contributed by atoms with E-state index in [1.54, 1.807) is 0 Å². The number of hydrogen-bond acceptors (Lipinski definition) is 2. The molecule has 0 atom stereocenters. The van der Waals surface area contributed by atoms with Gasteiger partial charge in [0, 0.05) is 12.6 Å². The van der Waals surface area contributed by atoms with Gasteiger partial charge in [-0.1, -0.05) is 19.8 Å². The first-order valence-corrected chi connectivity index (χ1v) is 7.12. The summed E-state index contributed by atoms with van der Waals surface area (Å²) in [6, 6.07) is 0.683. The van der Waals surface area contributed by atoms with Crippen LogP contribution < -0.4 is 0 Å². The first-order valence-electron chi connectivity index (χ1n) is 6.48. The Morgan fingerprint density at radius 3 is 2.27 bits per heavy atom. The maximum absolute atomic E-state index is 4.59. The van der Waals surface area contributed by atoms with Crippen molar-refractivity contribution in [3.05, 3.63) is 0 Å². The van der Waals surface area contributed by atoms with Crippen LogP contribution in [0.5, 0.6) is 0 Å². The fourth-order valence-electron chi connectivity index (χ4n) is 2.73. The molecule has 1 aliphatic carbocycles. The number of nitrogens with zero attached hydrogens (tertiary/aromatic N) is 1. The van der Waals surface area contributed by atoms with Gasteiger partial charge in [0.05, 0.1) is 0 Å². The van der Waals surface area contributed by atoms with Gasteiger partial charge in [-0.25, -0.2) is 0 Å². The third kappa shape index (κ3) is 3.67. The highest BCUT2D eigenvalue weighted by Gasteiger charge is 2.34. The molecule has 1 aliphatic rings. The molecule has 2 heteroatoms. The minimum absolute atomic E-state index is 0.530. The second kappa shape index (κ2) is 6.15. The Hall–Kier alpha value is 0.310. The first-order chi connectivity index (χ1) is 7.13. The molecule has 1 fully saturated rings. The van der Waals surface area contributed by atoms with Crippen LogP contribution in [0, 0.1) is 5.41 Å². The number of thiol groups is 1. The largest absolute Gasteiger partial charge is 0.300 e. The van der Waals surface area contributed by atoms with Gasteiger partial charge >= 0.3 is 0 Å². The molecule has 0 unspecified atom stereocenters. The summed E-state index contributed by atoms with van der Waals surface area (Å²) >= 11 is 4.59. The molecule has 0 N–H and O–H groups in total. The van der Waals surface area contributed by atoms with E-state index in [1.165, 1.54) is 45.2 Å². The zero-order chi connectivity index (χ0) is 11.3. The van der Waals surface area contributed by atoms with Crippen molar-refractivity contribution >= 4 is 12.6 Å². The zero-order valence-corrected chi connectivity index (χ0v) is 11.5. The van der Waals surface area contributed by atoms with Gasteiger partial charge in [0.2, 0.25) is 0 Å². The fourth-order valence-corrected chi connectivity index (χ4v) is 3.15. The Morgan fingerprint density at radius 2 is 1.87 bits per heavy atom. The van der Waals surface area contributed by atoms with Crippen LogP contribution in [0.25, 0.3) is 0 Å². The lowest BCUT2D eigenvalue weighted by Gasteiger charge is -2.36. The van der Waals surface area contributed by atoms with Gasteiger partial charge in [-0.05, 0) is 50.8 Å². The second-order valence-electron chi connectivity index (χ2n) is 5.43. The summed E-state index contributed by atoms with van der Waals surface area (Å²) in [5.74, 6) is 1.07. The summed E-state index contributed by atoms with van der Waals surface area (Å²) in [7, 11) is 0. The smallest absolute Gasteiger partial charge is 0.00485 e. The van der Waals surface area contributed by atoms with Crippen LogP contribution in [0.1, 0.15) is 52.9 Å². The standard InChI is InChI=1S/C13H27NS/c1-4-9-14(12(2)3)10-13(11-15)7-5-6-8-13/h12,15H,4-11H2,1-3H3. The molecule has 0 aliphatic heterocycles. The summed E-state index contributed by atoms with van der Waals surface area (Å²) in [4.78, 5) is 2.64. The second-order valence-corrected chi connectivity index (χ2v) is 5.75. The highest BCUT2D eigenvalue weighted by Crippen LogP contribution is 2.40. The van der Waals surface area contributed by atoms with Crippen LogP contribution in [0.15, 0.2) is 0 Å². The molecular formula is C13H27NS. The molecule has 90 valence electrons. The van der Waals surface area contributed by atoms with Crippen molar-refractivity contribution in [2.45, 2.75) is 58.9 Å². The molecule has 0 bridgehead atoms. The summed E-state index contributed by atoms with van der Waals surface area (Å²) in [6.45, 7) is 9.42. The Labute approximate surface area is 101 Å². The van der Waals surface area contributed by atoms with Crippen molar-refractivity contribution in [3.63, 3.8) is 0 Å². The summed E-state index contributed by atoms with van der Waals surface area (Å²) in [5, 5.41) is 0. The molecule has 0 heterocycles. The first kappa shape index (κ1) is 13.4. The summed E-state index contributed by atoms with van der Waals surface area (Å²) < 4.78 is 0. The van der Waals surface area contributed by atoms with Crippen LogP contribution in [0.3, 0.4) is 0 Å². The van der Waals surface area contributed by atoms with E-state index in [0.717, 1.165) is 5.75 Å². The average molecular weight is 229 g/mol. The number of rotatable bonds is 6. The molecule has 15 heavy (non-hydrogen) atoms. The van der Waals surface area contributed by atoms with E-state index in [2.05, 4.69) is 38.3 Å². The van der Waals surface area contributed by atoms with Gasteiger partial charge < -0.3 is 4.90 Å². The summed E-state index contributed by atoms with van der Waals surface area (Å²) in [6.07, 6.45) is 6.88. The van der Waals surface area contributed by atoms with Crippen LogP contribution in [-0.4, -0.2) is 29.8 Å². The monoisotopic (exact) mass is 229 g/mol. The van der Waals surface area contributed by atoms with Crippen LogP contribution in [0.4, 0.5) is 0 Å². The third-order valence-electron chi connectivity index (χ3n) is 3.78. The normalized spacial score (nSPS) is 20.4. The molecule has 1 nitrogen and oxygen atoms in total. The van der Waals surface area contributed by atoms with E-state index in [9.17, 15) is 0 Å². The molecule has 0 aromatic carbocycles. The molecule has 0 radical (unpaired) electrons. The minimum Gasteiger partial charge on any atom is -0.300 e. The highest BCUT2D eigenvalue weighted by molar-refractivity contribution is 7.80. The highest BCUT2D eigenvalue weighted by atomic mass is 32.1. The lowest BCUT2D eigenvalue weighted by atomic mass is 9.87. The van der Waals surface area contributed by atoms with Crippen LogP contribution in [0.2, 0.25) is 0 Å². The molecule has 0 aromatic rings. The Bertz CT molecular complexity index is 173. The minimum atomic E-state index is 0.530. The molecule has 1 rings (SSSR count). The van der Waals surface area contributed by atoms with Crippen molar-refractivity contribution in [2.24, 2.45) is 5.41 Å². The Balaban J connectivity index is 2.54. The van der Waals surface area contributed by atoms with Crippen molar-refractivity contribution < 1.29 is 0 Å². The van der Waals surface area contributed by atoms with Crippen LogP contribution in [-0.2, 0) is 0 Å². The van der Waals surface area contributed by atoms with Gasteiger partial charge in [-0.15, -0.1) is 0 Å². The molecule has 0 amide bonds. The lowest BCUT2D eigenvalue weighted by molar-refractivity contribution is 0.139. The maximum Gasteiger partial charge on any atom is 0.00485 e. The fraction of sp³-hybridized carbons (Fsp3) is 1.00. The van der Waals surface area contributed by atoms with E-state index < -0.39 is 0 Å². The Morgan fingerprint density at radius 1 is 1.27 bits per heavy atom. The topological polar surface area (TPSA) is 3.24 Å². The zero-order valence-electron chi connectivity index (χ0n) is 10.6. The SMILES string of the molecule is CCCN(CC1(CS)CCCC1)C(C)C. The quantitative estimate of drug-likeness (QED) is 0.681. The molecule has 0 saturated heterocycles. The van der Waals surface area contributed by atoms with Gasteiger partial charge in [0.1, 0.15) is 0 Å². The Kier molecular flexibility index (Phi) is 5.48. The van der Waals surface area contributed by atoms with Crippen molar-refractivity contribution in [1.82, 2.24) is 4.90 Å². The number of hydrogen-bond donors (Lipinski definition) is 1.